The zero-order valence-electron chi connectivity index (χ0n) is 13.6. The van der Waals surface area contributed by atoms with E-state index in [4.69, 9.17) is 0 Å². The van der Waals surface area contributed by atoms with Gasteiger partial charge in [-0.25, -0.2) is 9.97 Å². The molecule has 1 aromatic carbocycles. The molecule has 0 amide bonds. The highest BCUT2D eigenvalue weighted by Crippen LogP contribution is 2.41. The molecule has 0 atom stereocenters. The molecular weight excluding hydrogens is 320 g/mol. The van der Waals surface area contributed by atoms with Crippen LogP contribution < -0.4 is 4.90 Å². The van der Waals surface area contributed by atoms with Gasteiger partial charge in [0.05, 0.1) is 5.60 Å². The van der Waals surface area contributed by atoms with Crippen LogP contribution in [0.15, 0.2) is 46.7 Å². The zero-order chi connectivity index (χ0) is 16.6. The smallest absolute Gasteiger partial charge is 0.159 e. The summed E-state index contributed by atoms with van der Waals surface area (Å²) >= 11 is 1.71. The lowest BCUT2D eigenvalue weighted by atomic mass is 9.84. The topological polar surface area (TPSA) is 61.6 Å². The zero-order valence-corrected chi connectivity index (χ0v) is 14.5. The van der Waals surface area contributed by atoms with Crippen molar-refractivity contribution < 1.29 is 5.11 Å². The summed E-state index contributed by atoms with van der Waals surface area (Å²) in [6, 6.07) is 9.95. The van der Waals surface area contributed by atoms with Crippen LogP contribution in [-0.2, 0) is 5.60 Å². The Kier molecular flexibility index (Phi) is 4.02. The van der Waals surface area contributed by atoms with Crippen LogP contribution >= 0.6 is 11.8 Å². The monoisotopic (exact) mass is 340 g/mol. The molecule has 0 spiro atoms. The Bertz CT molecular complexity index is 770. The highest BCUT2D eigenvalue weighted by Gasteiger charge is 2.35. The first-order valence-electron chi connectivity index (χ1n) is 8.20. The number of thioether (sulfide) groups is 1. The molecule has 5 nitrogen and oxygen atoms in total. The maximum atomic E-state index is 11.0. The van der Waals surface area contributed by atoms with Crippen molar-refractivity contribution in [2.75, 3.05) is 23.7 Å². The summed E-state index contributed by atoms with van der Waals surface area (Å²) in [6.45, 7) is 3.55. The van der Waals surface area contributed by atoms with E-state index in [1.807, 2.05) is 37.3 Å². The Labute approximate surface area is 145 Å². The number of rotatable bonds is 2. The first kappa shape index (κ1) is 15.6. The molecule has 0 saturated carbocycles. The number of aliphatic hydroxyl groups is 1. The SMILES string of the molecule is CC1=Nc2c(ncnc2N2CCC(O)(c3ccccc3)CC2)SC1. The number of aromatic nitrogens is 2. The summed E-state index contributed by atoms with van der Waals surface area (Å²) in [6.07, 6.45) is 2.99. The molecule has 1 fully saturated rings. The van der Waals surface area contributed by atoms with Crippen molar-refractivity contribution >= 4 is 29.0 Å². The van der Waals surface area contributed by atoms with Crippen LogP contribution in [0, 0.1) is 0 Å². The van der Waals surface area contributed by atoms with Gasteiger partial charge in [-0.05, 0) is 25.3 Å². The lowest BCUT2D eigenvalue weighted by Gasteiger charge is -2.39. The molecular formula is C18H20N4OS. The molecule has 0 unspecified atom stereocenters. The highest BCUT2D eigenvalue weighted by molar-refractivity contribution is 8.00. The minimum atomic E-state index is -0.751. The van der Waals surface area contributed by atoms with E-state index in [1.54, 1.807) is 18.1 Å². The number of nitrogens with zero attached hydrogens (tertiary/aromatic N) is 4. The van der Waals surface area contributed by atoms with E-state index in [0.29, 0.717) is 12.8 Å². The average molecular weight is 340 g/mol. The number of hydrogen-bond donors (Lipinski definition) is 1. The van der Waals surface area contributed by atoms with E-state index in [9.17, 15) is 5.11 Å². The molecule has 3 heterocycles. The Morgan fingerprint density at radius 3 is 2.62 bits per heavy atom. The van der Waals surface area contributed by atoms with Crippen molar-refractivity contribution in [2.24, 2.45) is 4.99 Å². The summed E-state index contributed by atoms with van der Waals surface area (Å²) in [4.78, 5) is 15.7. The second-order valence-electron chi connectivity index (χ2n) is 6.37. The molecule has 2 aromatic rings. The van der Waals surface area contributed by atoms with Crippen LogP contribution in [0.1, 0.15) is 25.3 Å². The summed E-state index contributed by atoms with van der Waals surface area (Å²) < 4.78 is 0. The van der Waals surface area contributed by atoms with Crippen molar-refractivity contribution in [3.8, 4) is 0 Å². The summed E-state index contributed by atoms with van der Waals surface area (Å²) in [7, 11) is 0. The van der Waals surface area contributed by atoms with Crippen molar-refractivity contribution in [3.63, 3.8) is 0 Å². The predicted octanol–water partition coefficient (Wildman–Crippen LogP) is 3.16. The van der Waals surface area contributed by atoms with Crippen LogP contribution in [0.3, 0.4) is 0 Å². The minimum Gasteiger partial charge on any atom is -0.385 e. The van der Waals surface area contributed by atoms with Gasteiger partial charge in [-0.15, -0.1) is 0 Å². The van der Waals surface area contributed by atoms with Crippen molar-refractivity contribution in [1.29, 1.82) is 0 Å². The third-order valence-corrected chi connectivity index (χ3v) is 5.83. The fraction of sp³-hybridized carbons (Fsp3) is 0.389. The Morgan fingerprint density at radius 1 is 1.12 bits per heavy atom. The second kappa shape index (κ2) is 6.18. The van der Waals surface area contributed by atoms with E-state index in [-0.39, 0.29) is 0 Å². The minimum absolute atomic E-state index is 0.686. The molecule has 124 valence electrons. The third kappa shape index (κ3) is 2.80. The lowest BCUT2D eigenvalue weighted by Crippen LogP contribution is -2.43. The van der Waals surface area contributed by atoms with Crippen LogP contribution in [0.5, 0.6) is 0 Å². The molecule has 1 saturated heterocycles. The van der Waals surface area contributed by atoms with E-state index in [2.05, 4.69) is 19.9 Å². The Morgan fingerprint density at radius 2 is 1.88 bits per heavy atom. The maximum Gasteiger partial charge on any atom is 0.159 e. The van der Waals surface area contributed by atoms with Crippen molar-refractivity contribution in [1.82, 2.24) is 9.97 Å². The van der Waals surface area contributed by atoms with E-state index < -0.39 is 5.60 Å². The average Bonchev–Trinajstić information content (AvgIpc) is 2.63. The number of piperidine rings is 1. The molecule has 0 aliphatic carbocycles. The van der Waals surface area contributed by atoms with Crippen LogP contribution in [0.25, 0.3) is 0 Å². The number of hydrogen-bond acceptors (Lipinski definition) is 6. The Balaban J connectivity index is 1.58. The van der Waals surface area contributed by atoms with E-state index in [0.717, 1.165) is 46.6 Å². The van der Waals surface area contributed by atoms with Gasteiger partial charge in [0.15, 0.2) is 5.82 Å². The molecule has 1 aromatic heterocycles. The van der Waals surface area contributed by atoms with Gasteiger partial charge in [-0.1, -0.05) is 42.1 Å². The summed E-state index contributed by atoms with van der Waals surface area (Å²) in [5.74, 6) is 1.78. The predicted molar refractivity (Wildman–Crippen MR) is 97.3 cm³/mol. The Hall–Kier alpha value is -1.92. The molecule has 2 aliphatic heterocycles. The van der Waals surface area contributed by atoms with Crippen molar-refractivity contribution in [3.05, 3.63) is 42.2 Å². The van der Waals surface area contributed by atoms with Gasteiger partial charge in [0.25, 0.3) is 0 Å². The van der Waals surface area contributed by atoms with Gasteiger partial charge in [0, 0.05) is 24.6 Å². The van der Waals surface area contributed by atoms with Gasteiger partial charge in [-0.2, -0.15) is 0 Å². The van der Waals surface area contributed by atoms with Gasteiger partial charge in [-0.3, -0.25) is 4.99 Å². The maximum absolute atomic E-state index is 11.0. The molecule has 0 bridgehead atoms. The second-order valence-corrected chi connectivity index (χ2v) is 7.34. The van der Waals surface area contributed by atoms with Gasteiger partial charge in [0.2, 0.25) is 0 Å². The molecule has 6 heteroatoms. The highest BCUT2D eigenvalue weighted by atomic mass is 32.2. The largest absolute Gasteiger partial charge is 0.385 e. The molecule has 1 N–H and O–H groups in total. The first-order valence-corrected chi connectivity index (χ1v) is 9.19. The molecule has 0 radical (unpaired) electrons. The lowest BCUT2D eigenvalue weighted by molar-refractivity contribution is 0.0116. The van der Waals surface area contributed by atoms with Gasteiger partial charge < -0.3 is 10.0 Å². The van der Waals surface area contributed by atoms with E-state index in [1.165, 1.54) is 0 Å². The normalized spacial score (nSPS) is 19.6. The summed E-state index contributed by atoms with van der Waals surface area (Å²) in [5, 5.41) is 11.9. The standard InChI is InChI=1S/C18H20N4OS/c1-13-11-24-17-15(21-13)16(19-12-20-17)22-9-7-18(23,8-10-22)14-5-3-2-4-6-14/h2-6,12,23H,7-11H2,1H3. The fourth-order valence-corrected chi connectivity index (χ4v) is 4.12. The number of aliphatic imine (C=N–C) groups is 1. The number of anilines is 1. The molecule has 4 rings (SSSR count). The number of benzene rings is 1. The fourth-order valence-electron chi connectivity index (χ4n) is 3.31. The van der Waals surface area contributed by atoms with Crippen LogP contribution in [-0.4, -0.2) is 39.6 Å². The van der Waals surface area contributed by atoms with Crippen LogP contribution in [0.4, 0.5) is 11.5 Å². The summed E-state index contributed by atoms with van der Waals surface area (Å²) in [5.41, 5.74) is 2.23. The van der Waals surface area contributed by atoms with Crippen LogP contribution in [0.2, 0.25) is 0 Å². The third-order valence-electron chi connectivity index (χ3n) is 4.69. The first-order chi connectivity index (χ1) is 11.7. The molecule has 2 aliphatic rings. The molecule has 24 heavy (non-hydrogen) atoms. The quantitative estimate of drug-likeness (QED) is 0.851. The van der Waals surface area contributed by atoms with Gasteiger partial charge in [0.1, 0.15) is 17.0 Å². The van der Waals surface area contributed by atoms with Gasteiger partial charge >= 0.3 is 0 Å². The van der Waals surface area contributed by atoms with Crippen molar-refractivity contribution in [2.45, 2.75) is 30.4 Å². The number of fused-ring (bicyclic) bond motifs is 1. The van der Waals surface area contributed by atoms with E-state index >= 15 is 0 Å².